The second kappa shape index (κ2) is 2.54. The van der Waals surface area contributed by atoms with Gasteiger partial charge in [0.2, 0.25) is 0 Å². The molecule has 54 valence electrons. The number of hydrogen-bond acceptors (Lipinski definition) is 3. The number of pyridine rings is 1. The molecule has 2 aromatic heterocycles. The molecule has 3 nitrogen and oxygen atoms in total. The van der Waals surface area contributed by atoms with Crippen LogP contribution < -0.4 is 0 Å². The molecule has 0 aromatic carbocycles. The Labute approximate surface area is 63.7 Å². The number of aromatic nitrogens is 2. The number of rotatable bonds is 1. The highest BCUT2D eigenvalue weighted by Gasteiger charge is 1.98. The molecule has 0 spiro atoms. The molecule has 0 saturated heterocycles. The molecule has 0 bridgehead atoms. The molecule has 0 atom stereocenters. The van der Waals surface area contributed by atoms with Crippen LogP contribution in [-0.2, 0) is 0 Å². The first kappa shape index (κ1) is 6.09. The fourth-order valence-corrected chi connectivity index (χ4v) is 0.853. The van der Waals surface area contributed by atoms with Gasteiger partial charge < -0.3 is 4.42 Å². The van der Waals surface area contributed by atoms with Gasteiger partial charge in [-0.05, 0) is 12.1 Å². The molecule has 2 aromatic rings. The smallest absolute Gasteiger partial charge is 0.181 e. The first-order chi connectivity index (χ1) is 5.47. The van der Waals surface area contributed by atoms with Gasteiger partial charge in [-0.3, -0.25) is 4.98 Å². The molecule has 0 aliphatic carbocycles. The van der Waals surface area contributed by atoms with Gasteiger partial charge >= 0.3 is 0 Å². The standard InChI is InChI=1S/C8H6N2O/c1-2-4-9-7(3-1)8-5-11-6-10-8/h1-6H. The van der Waals surface area contributed by atoms with E-state index in [9.17, 15) is 0 Å². The third kappa shape index (κ3) is 1.12. The first-order valence-corrected chi connectivity index (χ1v) is 3.26. The predicted molar refractivity (Wildman–Crippen MR) is 39.7 cm³/mol. The molecule has 0 amide bonds. The number of oxazole rings is 1. The molecule has 11 heavy (non-hydrogen) atoms. The van der Waals surface area contributed by atoms with Gasteiger partial charge in [0.05, 0.1) is 5.69 Å². The first-order valence-electron chi connectivity index (χ1n) is 3.26. The summed E-state index contributed by atoms with van der Waals surface area (Å²) in [6, 6.07) is 5.67. The summed E-state index contributed by atoms with van der Waals surface area (Å²) >= 11 is 0. The quantitative estimate of drug-likeness (QED) is 0.615. The minimum absolute atomic E-state index is 0.769. The van der Waals surface area contributed by atoms with Crippen molar-refractivity contribution in [3.63, 3.8) is 0 Å². The van der Waals surface area contributed by atoms with Gasteiger partial charge in [0.15, 0.2) is 6.39 Å². The van der Waals surface area contributed by atoms with Crippen LogP contribution in [0.5, 0.6) is 0 Å². The highest BCUT2D eigenvalue weighted by Crippen LogP contribution is 2.11. The Kier molecular flexibility index (Phi) is 1.41. The van der Waals surface area contributed by atoms with E-state index in [1.54, 1.807) is 12.5 Å². The van der Waals surface area contributed by atoms with Crippen LogP contribution in [-0.4, -0.2) is 9.97 Å². The fourth-order valence-electron chi connectivity index (χ4n) is 0.853. The van der Waals surface area contributed by atoms with E-state index in [2.05, 4.69) is 9.97 Å². The molecule has 0 N–H and O–H groups in total. The van der Waals surface area contributed by atoms with E-state index in [4.69, 9.17) is 4.42 Å². The lowest BCUT2D eigenvalue weighted by atomic mass is 10.3. The molecule has 0 saturated carbocycles. The van der Waals surface area contributed by atoms with Crippen molar-refractivity contribution in [2.45, 2.75) is 0 Å². The lowest BCUT2D eigenvalue weighted by Gasteiger charge is -1.90. The van der Waals surface area contributed by atoms with E-state index in [-0.39, 0.29) is 0 Å². The summed E-state index contributed by atoms with van der Waals surface area (Å²) in [6.45, 7) is 0. The van der Waals surface area contributed by atoms with E-state index in [1.807, 2.05) is 18.2 Å². The van der Waals surface area contributed by atoms with Crippen molar-refractivity contribution in [2.24, 2.45) is 0 Å². The average Bonchev–Trinajstić information content (AvgIpc) is 2.58. The third-order valence-electron chi connectivity index (χ3n) is 1.36. The van der Waals surface area contributed by atoms with Crippen LogP contribution in [0.4, 0.5) is 0 Å². The Hall–Kier alpha value is -1.64. The van der Waals surface area contributed by atoms with Crippen molar-refractivity contribution in [1.82, 2.24) is 9.97 Å². The zero-order chi connectivity index (χ0) is 7.52. The van der Waals surface area contributed by atoms with Crippen molar-refractivity contribution in [1.29, 1.82) is 0 Å². The maximum absolute atomic E-state index is 4.82. The molecule has 0 fully saturated rings. The van der Waals surface area contributed by atoms with Crippen molar-refractivity contribution in [3.8, 4) is 11.4 Å². The van der Waals surface area contributed by atoms with Crippen molar-refractivity contribution >= 4 is 0 Å². The van der Waals surface area contributed by atoms with Crippen LogP contribution in [0.25, 0.3) is 11.4 Å². The zero-order valence-corrected chi connectivity index (χ0v) is 5.77. The van der Waals surface area contributed by atoms with Crippen molar-refractivity contribution < 1.29 is 4.42 Å². The zero-order valence-electron chi connectivity index (χ0n) is 5.77. The monoisotopic (exact) mass is 146 g/mol. The maximum atomic E-state index is 4.82. The molecule has 0 unspecified atom stereocenters. The van der Waals surface area contributed by atoms with Crippen molar-refractivity contribution in [2.75, 3.05) is 0 Å². The highest BCUT2D eigenvalue weighted by molar-refractivity contribution is 5.50. The lowest BCUT2D eigenvalue weighted by Crippen LogP contribution is -1.79. The third-order valence-corrected chi connectivity index (χ3v) is 1.36. The molecule has 0 radical (unpaired) electrons. The van der Waals surface area contributed by atoms with Crippen LogP contribution >= 0.6 is 0 Å². The van der Waals surface area contributed by atoms with Gasteiger partial charge in [-0.2, -0.15) is 0 Å². The summed E-state index contributed by atoms with van der Waals surface area (Å²) in [5.41, 5.74) is 1.60. The highest BCUT2D eigenvalue weighted by atomic mass is 16.3. The number of hydrogen-bond donors (Lipinski definition) is 0. The Morgan fingerprint density at radius 2 is 2.09 bits per heavy atom. The summed E-state index contributed by atoms with van der Waals surface area (Å²) in [4.78, 5) is 8.06. The Morgan fingerprint density at radius 1 is 1.09 bits per heavy atom. The molecular weight excluding hydrogens is 140 g/mol. The average molecular weight is 146 g/mol. The largest absolute Gasteiger partial charge is 0.451 e. The van der Waals surface area contributed by atoms with E-state index >= 15 is 0 Å². The van der Waals surface area contributed by atoms with Crippen LogP contribution in [0.1, 0.15) is 0 Å². The summed E-state index contributed by atoms with van der Waals surface area (Å²) in [5.74, 6) is 0. The van der Waals surface area contributed by atoms with Crippen LogP contribution in [0, 0.1) is 0 Å². The van der Waals surface area contributed by atoms with Gasteiger partial charge in [0.1, 0.15) is 12.0 Å². The Balaban J connectivity index is 2.46. The summed E-state index contributed by atoms with van der Waals surface area (Å²) in [6.07, 6.45) is 4.69. The number of nitrogens with zero attached hydrogens (tertiary/aromatic N) is 2. The van der Waals surface area contributed by atoms with E-state index in [1.165, 1.54) is 6.39 Å². The molecular formula is C8H6N2O. The predicted octanol–water partition coefficient (Wildman–Crippen LogP) is 1.74. The molecule has 2 heterocycles. The molecule has 2 rings (SSSR count). The minimum Gasteiger partial charge on any atom is -0.451 e. The van der Waals surface area contributed by atoms with E-state index in [0.717, 1.165) is 11.4 Å². The maximum Gasteiger partial charge on any atom is 0.181 e. The Bertz CT molecular complexity index is 315. The SMILES string of the molecule is c1ccc(-c2cocn2)nc1. The van der Waals surface area contributed by atoms with Crippen molar-refractivity contribution in [3.05, 3.63) is 37.1 Å². The lowest BCUT2D eigenvalue weighted by molar-refractivity contribution is 0.558. The summed E-state index contributed by atoms with van der Waals surface area (Å²) in [5, 5.41) is 0. The van der Waals surface area contributed by atoms with E-state index < -0.39 is 0 Å². The van der Waals surface area contributed by atoms with Gasteiger partial charge in [-0.15, -0.1) is 0 Å². The van der Waals surface area contributed by atoms with Crippen LogP contribution in [0.3, 0.4) is 0 Å². The molecule has 0 aliphatic rings. The molecule has 0 aliphatic heterocycles. The van der Waals surface area contributed by atoms with Gasteiger partial charge in [-0.25, -0.2) is 4.98 Å². The summed E-state index contributed by atoms with van der Waals surface area (Å²) in [7, 11) is 0. The summed E-state index contributed by atoms with van der Waals surface area (Å²) < 4.78 is 4.82. The topological polar surface area (TPSA) is 38.9 Å². The van der Waals surface area contributed by atoms with Crippen LogP contribution in [0.15, 0.2) is 41.5 Å². The molecule has 3 heteroatoms. The Morgan fingerprint density at radius 3 is 2.73 bits per heavy atom. The fraction of sp³-hybridized carbons (Fsp3) is 0. The van der Waals surface area contributed by atoms with Gasteiger partial charge in [0.25, 0.3) is 0 Å². The van der Waals surface area contributed by atoms with Crippen LogP contribution in [0.2, 0.25) is 0 Å². The normalized spacial score (nSPS) is 9.82. The van der Waals surface area contributed by atoms with Gasteiger partial charge in [-0.1, -0.05) is 6.07 Å². The van der Waals surface area contributed by atoms with Gasteiger partial charge in [0, 0.05) is 6.20 Å². The minimum atomic E-state index is 0.769. The second-order valence-corrected chi connectivity index (χ2v) is 2.09. The van der Waals surface area contributed by atoms with E-state index in [0.29, 0.717) is 0 Å². The second-order valence-electron chi connectivity index (χ2n) is 2.09.